The van der Waals surface area contributed by atoms with Gasteiger partial charge in [-0.25, -0.2) is 13.8 Å². The number of ether oxygens (including phenoxy) is 1. The van der Waals surface area contributed by atoms with Crippen molar-refractivity contribution >= 4 is 0 Å². The van der Waals surface area contributed by atoms with Gasteiger partial charge in [-0.3, -0.25) is 9.36 Å². The Labute approximate surface area is 150 Å². The van der Waals surface area contributed by atoms with Gasteiger partial charge in [0.25, 0.3) is 5.56 Å². The van der Waals surface area contributed by atoms with Crippen LogP contribution in [0, 0.1) is 23.1 Å². The molecule has 27 heavy (non-hydrogen) atoms. The molecule has 0 spiro atoms. The van der Waals surface area contributed by atoms with Gasteiger partial charge in [-0.05, 0) is 12.0 Å². The molecule has 0 unspecified atom stereocenters. The Kier molecular flexibility index (Phi) is 5.44. The molecule has 1 aromatic carbocycles. The first-order chi connectivity index (χ1) is 12.5. The zero-order valence-corrected chi connectivity index (χ0v) is 14.6. The molecule has 0 atom stereocenters. The maximum atomic E-state index is 14.4. The molecule has 0 fully saturated rings. The third-order valence-corrected chi connectivity index (χ3v) is 3.59. The summed E-state index contributed by atoms with van der Waals surface area (Å²) in [4.78, 5) is 24.4. The minimum atomic E-state index is -4.93. The summed E-state index contributed by atoms with van der Waals surface area (Å²) in [6.07, 6.45) is -4.93. The van der Waals surface area contributed by atoms with Crippen molar-refractivity contribution in [1.82, 2.24) is 9.13 Å². The molecule has 0 aliphatic rings. The van der Waals surface area contributed by atoms with Crippen LogP contribution < -0.4 is 16.0 Å². The average molecular weight is 385 g/mol. The molecule has 2 aromatic rings. The van der Waals surface area contributed by atoms with Crippen LogP contribution in [0.4, 0.5) is 17.6 Å². The van der Waals surface area contributed by atoms with Crippen molar-refractivity contribution in [3.05, 3.63) is 56.1 Å². The number of hydrogen-bond donors (Lipinski definition) is 0. The van der Waals surface area contributed by atoms with E-state index in [1.807, 2.05) is 13.8 Å². The van der Waals surface area contributed by atoms with Crippen molar-refractivity contribution < 1.29 is 22.3 Å². The topological polar surface area (TPSA) is 77.0 Å². The number of benzene rings is 1. The first-order valence-electron chi connectivity index (χ1n) is 7.74. The van der Waals surface area contributed by atoms with Crippen molar-refractivity contribution in [2.75, 3.05) is 6.61 Å². The molecule has 2 rings (SSSR count). The van der Waals surface area contributed by atoms with E-state index in [0.29, 0.717) is 0 Å². The van der Waals surface area contributed by atoms with E-state index in [1.54, 1.807) is 6.07 Å². The number of rotatable bonds is 4. The van der Waals surface area contributed by atoms with Crippen LogP contribution in [0.5, 0.6) is 5.75 Å². The van der Waals surface area contributed by atoms with Gasteiger partial charge in [0.05, 0.1) is 17.9 Å². The fourth-order valence-electron chi connectivity index (χ4n) is 2.30. The van der Waals surface area contributed by atoms with Crippen LogP contribution in [0.15, 0.2) is 27.8 Å². The van der Waals surface area contributed by atoms with E-state index >= 15 is 0 Å². The van der Waals surface area contributed by atoms with E-state index in [0.717, 1.165) is 19.2 Å². The smallest absolute Gasteiger partial charge is 0.431 e. The predicted molar refractivity (Wildman–Crippen MR) is 87.3 cm³/mol. The van der Waals surface area contributed by atoms with Crippen LogP contribution in [0.3, 0.4) is 0 Å². The Morgan fingerprint density at radius 1 is 1.22 bits per heavy atom. The highest BCUT2D eigenvalue weighted by molar-refractivity contribution is 5.51. The predicted octanol–water partition coefficient (Wildman–Crippen LogP) is 2.60. The molecule has 10 heteroatoms. The third-order valence-electron chi connectivity index (χ3n) is 3.59. The SMILES string of the molecule is CC(C)COc1cc(-n2c(=O)cc(C(F)(F)F)n(C)c2=O)c(F)cc1C#N. The van der Waals surface area contributed by atoms with Gasteiger partial charge in [-0.1, -0.05) is 13.8 Å². The number of halogens is 4. The van der Waals surface area contributed by atoms with Crippen LogP contribution in [0.1, 0.15) is 25.1 Å². The van der Waals surface area contributed by atoms with Crippen molar-refractivity contribution in [3.8, 4) is 17.5 Å². The number of alkyl halides is 3. The van der Waals surface area contributed by atoms with Gasteiger partial charge < -0.3 is 4.74 Å². The number of nitriles is 1. The van der Waals surface area contributed by atoms with Crippen LogP contribution in [-0.2, 0) is 13.2 Å². The minimum absolute atomic E-state index is 0.0618. The number of aromatic nitrogens is 2. The summed E-state index contributed by atoms with van der Waals surface area (Å²) >= 11 is 0. The van der Waals surface area contributed by atoms with Gasteiger partial charge in [-0.2, -0.15) is 18.4 Å². The molecule has 6 nitrogen and oxygen atoms in total. The van der Waals surface area contributed by atoms with Crippen molar-refractivity contribution in [2.45, 2.75) is 20.0 Å². The van der Waals surface area contributed by atoms with Crippen molar-refractivity contribution in [2.24, 2.45) is 13.0 Å². The molecule has 0 aliphatic heterocycles. The van der Waals surface area contributed by atoms with E-state index < -0.39 is 34.6 Å². The summed E-state index contributed by atoms with van der Waals surface area (Å²) in [7, 11) is 0.818. The molecule has 0 N–H and O–H groups in total. The standard InChI is InChI=1S/C17H15F4N3O3/c1-9(2)8-27-13-5-12(11(18)4-10(13)7-22)24-15(25)6-14(17(19,20)21)23(3)16(24)26/h4-6,9H,8H2,1-3H3. The Balaban J connectivity index is 2.74. The van der Waals surface area contributed by atoms with Gasteiger partial charge in [0.15, 0.2) is 0 Å². The Bertz CT molecular complexity index is 1030. The minimum Gasteiger partial charge on any atom is -0.492 e. The number of nitrogens with zero attached hydrogens (tertiary/aromatic N) is 3. The molecular formula is C17H15F4N3O3. The molecule has 0 aliphatic carbocycles. The molecule has 0 radical (unpaired) electrons. The fourth-order valence-corrected chi connectivity index (χ4v) is 2.30. The second-order valence-corrected chi connectivity index (χ2v) is 6.16. The molecule has 0 saturated heterocycles. The molecular weight excluding hydrogens is 370 g/mol. The average Bonchev–Trinajstić information content (AvgIpc) is 2.56. The zero-order chi connectivity index (χ0) is 20.5. The maximum absolute atomic E-state index is 14.4. The molecule has 0 saturated carbocycles. The summed E-state index contributed by atoms with van der Waals surface area (Å²) in [5, 5.41) is 9.09. The Morgan fingerprint density at radius 3 is 2.37 bits per heavy atom. The van der Waals surface area contributed by atoms with Crippen LogP contribution >= 0.6 is 0 Å². The summed E-state index contributed by atoms with van der Waals surface area (Å²) < 4.78 is 59.0. The van der Waals surface area contributed by atoms with Gasteiger partial charge in [0.1, 0.15) is 23.3 Å². The van der Waals surface area contributed by atoms with Crippen LogP contribution in [0.2, 0.25) is 0 Å². The summed E-state index contributed by atoms with van der Waals surface area (Å²) in [5.74, 6) is -1.15. The highest BCUT2D eigenvalue weighted by atomic mass is 19.4. The lowest BCUT2D eigenvalue weighted by Gasteiger charge is -2.16. The Hall–Kier alpha value is -3.09. The van der Waals surface area contributed by atoms with E-state index in [-0.39, 0.29) is 39.0 Å². The first-order valence-corrected chi connectivity index (χ1v) is 7.74. The summed E-state index contributed by atoms with van der Waals surface area (Å²) in [6, 6.07) is 3.64. The summed E-state index contributed by atoms with van der Waals surface area (Å²) in [5.41, 5.74) is -4.98. The first kappa shape index (κ1) is 20.2. The van der Waals surface area contributed by atoms with Gasteiger partial charge in [0, 0.05) is 19.2 Å². The monoisotopic (exact) mass is 385 g/mol. The van der Waals surface area contributed by atoms with Gasteiger partial charge in [0.2, 0.25) is 0 Å². The van der Waals surface area contributed by atoms with E-state index in [4.69, 9.17) is 10.00 Å². The third kappa shape index (κ3) is 4.02. The quantitative estimate of drug-likeness (QED) is 0.758. The number of hydrogen-bond acceptors (Lipinski definition) is 4. The molecule has 1 aromatic heterocycles. The molecule has 0 amide bonds. The highest BCUT2D eigenvalue weighted by Crippen LogP contribution is 2.28. The van der Waals surface area contributed by atoms with Crippen LogP contribution in [-0.4, -0.2) is 15.7 Å². The fraction of sp³-hybridized carbons (Fsp3) is 0.353. The molecule has 0 bridgehead atoms. The molecule has 1 heterocycles. The highest BCUT2D eigenvalue weighted by Gasteiger charge is 2.35. The van der Waals surface area contributed by atoms with Gasteiger partial charge in [-0.15, -0.1) is 0 Å². The Morgan fingerprint density at radius 2 is 1.85 bits per heavy atom. The lowest BCUT2D eigenvalue weighted by molar-refractivity contribution is -0.144. The van der Waals surface area contributed by atoms with Crippen LogP contribution in [0.25, 0.3) is 5.69 Å². The summed E-state index contributed by atoms with van der Waals surface area (Å²) in [6.45, 7) is 3.82. The van der Waals surface area contributed by atoms with E-state index in [2.05, 4.69) is 0 Å². The van der Waals surface area contributed by atoms with E-state index in [1.165, 1.54) is 0 Å². The second-order valence-electron chi connectivity index (χ2n) is 6.16. The largest absolute Gasteiger partial charge is 0.492 e. The lowest BCUT2D eigenvalue weighted by Crippen LogP contribution is -2.41. The van der Waals surface area contributed by atoms with E-state index in [9.17, 15) is 27.2 Å². The second kappa shape index (κ2) is 7.26. The zero-order valence-electron chi connectivity index (χ0n) is 14.6. The van der Waals surface area contributed by atoms with Gasteiger partial charge >= 0.3 is 11.9 Å². The molecule has 144 valence electrons. The van der Waals surface area contributed by atoms with Crippen molar-refractivity contribution in [3.63, 3.8) is 0 Å². The van der Waals surface area contributed by atoms with Crippen molar-refractivity contribution in [1.29, 1.82) is 5.26 Å². The lowest BCUT2D eigenvalue weighted by atomic mass is 10.1. The maximum Gasteiger partial charge on any atom is 0.431 e. The normalized spacial score (nSPS) is 11.5.